The molecule has 0 aromatic carbocycles. The largest absolute Gasteiger partial charge is 0.324 e. The molecule has 1 aliphatic rings. The lowest BCUT2D eigenvalue weighted by Gasteiger charge is -1.89. The van der Waals surface area contributed by atoms with Crippen LogP contribution in [0.4, 0.5) is 0 Å². The lowest BCUT2D eigenvalue weighted by atomic mass is 10.3. The van der Waals surface area contributed by atoms with E-state index in [0.717, 1.165) is 11.9 Å². The van der Waals surface area contributed by atoms with Gasteiger partial charge in [0.2, 0.25) is 0 Å². The molecular formula is C8H6N2S. The maximum Gasteiger partial charge on any atom is 0.0995 e. The number of hydrogen-bond donors (Lipinski definition) is 0. The molecular weight excluding hydrogens is 156 g/mol. The molecule has 0 radical (unpaired) electrons. The highest BCUT2D eigenvalue weighted by molar-refractivity contribution is 7.17. The van der Waals surface area contributed by atoms with E-state index in [4.69, 9.17) is 0 Å². The first-order chi connectivity index (χ1) is 5.45. The summed E-state index contributed by atoms with van der Waals surface area (Å²) in [5.41, 5.74) is 4.43. The van der Waals surface area contributed by atoms with E-state index < -0.39 is 0 Å². The number of allylic oxidation sites excluding steroid dienone is 1. The van der Waals surface area contributed by atoms with Gasteiger partial charge < -0.3 is 4.57 Å². The van der Waals surface area contributed by atoms with E-state index >= 15 is 0 Å². The van der Waals surface area contributed by atoms with Crippen LogP contribution in [0.1, 0.15) is 5.69 Å². The van der Waals surface area contributed by atoms with Gasteiger partial charge >= 0.3 is 0 Å². The summed E-state index contributed by atoms with van der Waals surface area (Å²) >= 11 is 1.73. The Morgan fingerprint density at radius 1 is 1.55 bits per heavy atom. The fourth-order valence-corrected chi connectivity index (χ4v) is 2.32. The van der Waals surface area contributed by atoms with E-state index in [0.29, 0.717) is 0 Å². The highest BCUT2D eigenvalue weighted by atomic mass is 32.1. The molecule has 0 spiro atoms. The molecule has 54 valence electrons. The molecule has 11 heavy (non-hydrogen) atoms. The van der Waals surface area contributed by atoms with Gasteiger partial charge in [-0.3, -0.25) is 0 Å². The number of fused-ring (bicyclic) bond motifs is 3. The molecule has 3 rings (SSSR count). The molecule has 3 heteroatoms. The van der Waals surface area contributed by atoms with Crippen molar-refractivity contribution in [3.63, 3.8) is 0 Å². The van der Waals surface area contributed by atoms with Crippen molar-refractivity contribution >= 4 is 27.8 Å². The van der Waals surface area contributed by atoms with E-state index in [1.807, 2.05) is 5.51 Å². The minimum absolute atomic E-state index is 1.06. The van der Waals surface area contributed by atoms with Crippen molar-refractivity contribution < 1.29 is 0 Å². The number of hydrogen-bond acceptors (Lipinski definition) is 2. The Kier molecular flexibility index (Phi) is 0.876. The standard InChI is InChI=1S/C8H6N2S/c1-2-7-8-6(9-5-11-8)4-10(7)3-1/h1,3-5H,2H2. The summed E-state index contributed by atoms with van der Waals surface area (Å²) in [6.45, 7) is 0. The van der Waals surface area contributed by atoms with Crippen molar-refractivity contribution in [1.82, 2.24) is 9.55 Å². The highest BCUT2D eigenvalue weighted by Gasteiger charge is 2.11. The van der Waals surface area contributed by atoms with E-state index in [9.17, 15) is 0 Å². The molecule has 0 atom stereocenters. The molecule has 2 aromatic rings. The Labute approximate surface area is 67.8 Å². The van der Waals surface area contributed by atoms with Crippen molar-refractivity contribution in [3.8, 4) is 0 Å². The molecule has 2 nitrogen and oxygen atoms in total. The molecule has 2 aromatic heterocycles. The highest BCUT2D eigenvalue weighted by Crippen LogP contribution is 2.27. The Morgan fingerprint density at radius 3 is 3.55 bits per heavy atom. The van der Waals surface area contributed by atoms with Crippen LogP contribution in [-0.2, 0) is 6.42 Å². The second-order valence-electron chi connectivity index (χ2n) is 2.64. The minimum Gasteiger partial charge on any atom is -0.324 e. The number of aromatic nitrogens is 2. The second kappa shape index (κ2) is 1.74. The zero-order chi connectivity index (χ0) is 7.26. The third-order valence-corrected chi connectivity index (χ3v) is 2.90. The van der Waals surface area contributed by atoms with Gasteiger partial charge in [-0.25, -0.2) is 4.98 Å². The summed E-state index contributed by atoms with van der Waals surface area (Å²) in [7, 11) is 0. The van der Waals surface area contributed by atoms with Gasteiger partial charge in [0.1, 0.15) is 0 Å². The van der Waals surface area contributed by atoms with Crippen LogP contribution in [0.5, 0.6) is 0 Å². The molecule has 0 unspecified atom stereocenters. The molecule has 3 heterocycles. The minimum atomic E-state index is 1.06. The summed E-state index contributed by atoms with van der Waals surface area (Å²) in [5.74, 6) is 0. The van der Waals surface area contributed by atoms with Crippen LogP contribution >= 0.6 is 11.3 Å². The van der Waals surface area contributed by atoms with Crippen LogP contribution < -0.4 is 0 Å². The second-order valence-corrected chi connectivity index (χ2v) is 3.49. The van der Waals surface area contributed by atoms with E-state index in [-0.39, 0.29) is 0 Å². The number of rotatable bonds is 0. The van der Waals surface area contributed by atoms with Crippen LogP contribution in [0.25, 0.3) is 16.4 Å². The average Bonchev–Trinajstić information content (AvgIpc) is 2.52. The lowest BCUT2D eigenvalue weighted by molar-refractivity contribution is 1.10. The van der Waals surface area contributed by atoms with Crippen LogP contribution in [-0.4, -0.2) is 9.55 Å². The number of thiazole rings is 1. The predicted octanol–water partition coefficient (Wildman–Crippen LogP) is 2.12. The molecule has 0 amide bonds. The Balaban J connectivity index is 2.52. The van der Waals surface area contributed by atoms with Gasteiger partial charge in [-0.15, -0.1) is 11.3 Å². The van der Waals surface area contributed by atoms with Crippen LogP contribution in [0.15, 0.2) is 17.8 Å². The SMILES string of the molecule is C1=Cn2cc3ncsc3c2C1. The fraction of sp³-hybridized carbons (Fsp3) is 0.125. The average molecular weight is 162 g/mol. The maximum absolute atomic E-state index is 4.25. The number of nitrogens with zero attached hydrogens (tertiary/aromatic N) is 2. The van der Waals surface area contributed by atoms with Gasteiger partial charge in [-0.2, -0.15) is 0 Å². The quantitative estimate of drug-likeness (QED) is 0.580. The third-order valence-electron chi connectivity index (χ3n) is 2.01. The zero-order valence-electron chi connectivity index (χ0n) is 5.82. The monoisotopic (exact) mass is 162 g/mol. The Bertz CT molecular complexity index is 436. The first-order valence-corrected chi connectivity index (χ1v) is 4.43. The van der Waals surface area contributed by atoms with Crippen LogP contribution in [0.3, 0.4) is 0 Å². The van der Waals surface area contributed by atoms with Gasteiger partial charge in [0.05, 0.1) is 15.7 Å². The summed E-state index contributed by atoms with van der Waals surface area (Å²) < 4.78 is 3.50. The molecule has 0 fully saturated rings. The predicted molar refractivity (Wildman–Crippen MR) is 46.6 cm³/mol. The fourth-order valence-electron chi connectivity index (χ4n) is 1.50. The molecule has 0 aliphatic carbocycles. The van der Waals surface area contributed by atoms with Crippen molar-refractivity contribution in [3.05, 3.63) is 23.5 Å². The summed E-state index contributed by atoms with van der Waals surface area (Å²) in [4.78, 5) is 4.25. The van der Waals surface area contributed by atoms with Gasteiger partial charge in [-0.1, -0.05) is 6.08 Å². The van der Waals surface area contributed by atoms with Crippen LogP contribution in [0, 0.1) is 0 Å². The van der Waals surface area contributed by atoms with E-state index in [2.05, 4.69) is 28.0 Å². The van der Waals surface area contributed by atoms with Crippen LogP contribution in [0.2, 0.25) is 0 Å². The topological polar surface area (TPSA) is 17.8 Å². The molecule has 0 saturated carbocycles. The van der Waals surface area contributed by atoms with Gasteiger partial charge in [-0.05, 0) is 0 Å². The smallest absolute Gasteiger partial charge is 0.0995 e. The molecule has 0 saturated heterocycles. The van der Waals surface area contributed by atoms with Gasteiger partial charge in [0, 0.05) is 24.5 Å². The Morgan fingerprint density at radius 2 is 2.55 bits per heavy atom. The van der Waals surface area contributed by atoms with Crippen molar-refractivity contribution in [1.29, 1.82) is 0 Å². The van der Waals surface area contributed by atoms with E-state index in [1.165, 1.54) is 10.4 Å². The summed E-state index contributed by atoms with van der Waals surface area (Å²) in [6.07, 6.45) is 7.43. The lowest BCUT2D eigenvalue weighted by Crippen LogP contribution is -1.82. The van der Waals surface area contributed by atoms with Gasteiger partial charge in [0.25, 0.3) is 0 Å². The van der Waals surface area contributed by atoms with Gasteiger partial charge in [0.15, 0.2) is 0 Å². The first kappa shape index (κ1) is 5.55. The summed E-state index contributed by atoms with van der Waals surface area (Å²) in [5, 5.41) is 0. The normalized spacial score (nSPS) is 14.5. The zero-order valence-corrected chi connectivity index (χ0v) is 6.64. The molecule has 0 bridgehead atoms. The van der Waals surface area contributed by atoms with Crippen molar-refractivity contribution in [2.24, 2.45) is 0 Å². The first-order valence-electron chi connectivity index (χ1n) is 3.55. The van der Waals surface area contributed by atoms with E-state index in [1.54, 1.807) is 11.3 Å². The maximum atomic E-state index is 4.25. The molecule has 1 aliphatic heterocycles. The third kappa shape index (κ3) is 0.587. The van der Waals surface area contributed by atoms with Crippen molar-refractivity contribution in [2.75, 3.05) is 0 Å². The molecule has 0 N–H and O–H groups in total. The summed E-state index contributed by atoms with van der Waals surface area (Å²) in [6, 6.07) is 0. The Hall–Kier alpha value is -1.09. The van der Waals surface area contributed by atoms with Crippen molar-refractivity contribution in [2.45, 2.75) is 6.42 Å².